The monoisotopic (exact) mass is 364 g/mol. The van der Waals surface area contributed by atoms with Crippen LogP contribution in [0.2, 0.25) is 0 Å². The van der Waals surface area contributed by atoms with Crippen LogP contribution in [0.3, 0.4) is 0 Å². The molecule has 0 amide bonds. The normalized spacial score (nSPS) is 22.6. The lowest BCUT2D eigenvalue weighted by Crippen LogP contribution is -2.38. The summed E-state index contributed by atoms with van der Waals surface area (Å²) >= 11 is 0. The molecule has 6 heteroatoms. The Morgan fingerprint density at radius 1 is 1.19 bits per heavy atom. The van der Waals surface area contributed by atoms with Gasteiger partial charge in [0.25, 0.3) is 0 Å². The highest BCUT2D eigenvalue weighted by Crippen LogP contribution is 2.44. The van der Waals surface area contributed by atoms with E-state index in [1.165, 1.54) is 35.4 Å². The van der Waals surface area contributed by atoms with Gasteiger partial charge < -0.3 is 0 Å². The van der Waals surface area contributed by atoms with Crippen LogP contribution in [0, 0.1) is 6.92 Å². The predicted octanol–water partition coefficient (Wildman–Crippen LogP) is 3.33. The molecular weight excluding hydrogens is 336 g/mol. The van der Waals surface area contributed by atoms with Crippen molar-refractivity contribution in [2.24, 2.45) is 7.05 Å². The average molecular weight is 364 g/mol. The summed E-state index contributed by atoms with van der Waals surface area (Å²) in [5.41, 5.74) is 7.46. The maximum absolute atomic E-state index is 4.94. The third-order valence-electron chi connectivity index (χ3n) is 6.50. The molecule has 0 N–H and O–H groups in total. The fraction of sp³-hybridized carbons (Fsp3) is 0.571. The molecule has 0 spiro atoms. The minimum absolute atomic E-state index is 0.0398. The smallest absolute Gasteiger partial charge is 0.155 e. The van der Waals surface area contributed by atoms with Gasteiger partial charge in [-0.05, 0) is 19.8 Å². The lowest BCUT2D eigenvalue weighted by atomic mass is 9.93. The molecule has 0 radical (unpaired) electrons. The van der Waals surface area contributed by atoms with Gasteiger partial charge in [-0.2, -0.15) is 10.2 Å². The maximum Gasteiger partial charge on any atom is 0.155 e. The number of hydrogen-bond donors (Lipinski definition) is 0. The second-order valence-electron chi connectivity index (χ2n) is 9.21. The fourth-order valence-corrected chi connectivity index (χ4v) is 4.69. The van der Waals surface area contributed by atoms with Crippen LogP contribution < -0.4 is 0 Å². The molecule has 2 atom stereocenters. The van der Waals surface area contributed by atoms with Crippen molar-refractivity contribution in [3.05, 3.63) is 46.7 Å². The van der Waals surface area contributed by atoms with Gasteiger partial charge in [0.05, 0.1) is 17.6 Å². The Balaban J connectivity index is 1.54. The molecule has 0 saturated carbocycles. The molecule has 1 fully saturated rings. The van der Waals surface area contributed by atoms with Crippen LogP contribution in [-0.4, -0.2) is 35.3 Å². The number of fused-ring (bicyclic) bond motifs is 6. The quantitative estimate of drug-likeness (QED) is 0.700. The molecule has 0 aliphatic carbocycles. The summed E-state index contributed by atoms with van der Waals surface area (Å²) in [6.07, 6.45) is 7.63. The van der Waals surface area contributed by atoms with Crippen molar-refractivity contribution >= 4 is 5.65 Å². The summed E-state index contributed by atoms with van der Waals surface area (Å²) in [6, 6.07) is 3.17. The van der Waals surface area contributed by atoms with E-state index in [-0.39, 0.29) is 5.41 Å². The first-order valence-corrected chi connectivity index (χ1v) is 9.94. The Kier molecular flexibility index (Phi) is 3.54. The highest BCUT2D eigenvalue weighted by atomic mass is 15.3. The van der Waals surface area contributed by atoms with Crippen molar-refractivity contribution in [2.45, 2.75) is 71.0 Å². The van der Waals surface area contributed by atoms with Crippen LogP contribution in [0.4, 0.5) is 0 Å². The van der Waals surface area contributed by atoms with Crippen molar-refractivity contribution in [3.63, 3.8) is 0 Å². The zero-order valence-electron chi connectivity index (χ0n) is 16.9. The van der Waals surface area contributed by atoms with E-state index in [0.717, 1.165) is 24.3 Å². The molecule has 142 valence electrons. The number of rotatable bonds is 2. The molecule has 1 saturated heterocycles. The Morgan fingerprint density at radius 2 is 2.00 bits per heavy atom. The van der Waals surface area contributed by atoms with E-state index in [1.54, 1.807) is 0 Å². The van der Waals surface area contributed by atoms with E-state index >= 15 is 0 Å². The van der Waals surface area contributed by atoms with Gasteiger partial charge in [-0.15, -0.1) is 0 Å². The molecule has 2 aliphatic heterocycles. The van der Waals surface area contributed by atoms with Crippen LogP contribution >= 0.6 is 0 Å². The largest absolute Gasteiger partial charge is 0.288 e. The summed E-state index contributed by atoms with van der Waals surface area (Å²) in [6.45, 7) is 9.76. The number of aromatic nitrogens is 5. The van der Waals surface area contributed by atoms with Crippen LogP contribution in [-0.2, 0) is 25.4 Å². The van der Waals surface area contributed by atoms with Crippen molar-refractivity contribution in [1.29, 1.82) is 0 Å². The summed E-state index contributed by atoms with van der Waals surface area (Å²) in [5, 5.41) is 9.37. The zero-order valence-corrected chi connectivity index (χ0v) is 16.9. The molecular formula is C21H28N6. The van der Waals surface area contributed by atoms with E-state index in [1.807, 2.05) is 17.9 Å². The molecule has 2 aliphatic rings. The third-order valence-corrected chi connectivity index (χ3v) is 6.50. The SMILES string of the molecule is Cc1c(CN2[C@H]3CC[C@H]2c2cnc4cc(C(C)(C)C)nn4c2C3)cnn1C. The molecule has 5 heterocycles. The Morgan fingerprint density at radius 3 is 2.70 bits per heavy atom. The van der Waals surface area contributed by atoms with Crippen LogP contribution in [0.25, 0.3) is 5.65 Å². The van der Waals surface area contributed by atoms with Crippen molar-refractivity contribution in [3.8, 4) is 0 Å². The Hall–Kier alpha value is -2.21. The van der Waals surface area contributed by atoms with Gasteiger partial charge in [0, 0.05) is 66.6 Å². The average Bonchev–Trinajstić information content (AvgIpc) is 3.26. The lowest BCUT2D eigenvalue weighted by Gasteiger charge is -2.36. The van der Waals surface area contributed by atoms with E-state index in [4.69, 9.17) is 10.1 Å². The van der Waals surface area contributed by atoms with Gasteiger partial charge in [0.1, 0.15) is 0 Å². The minimum Gasteiger partial charge on any atom is -0.288 e. The van der Waals surface area contributed by atoms with Gasteiger partial charge in [-0.1, -0.05) is 20.8 Å². The van der Waals surface area contributed by atoms with Gasteiger partial charge >= 0.3 is 0 Å². The van der Waals surface area contributed by atoms with Gasteiger partial charge in [0.15, 0.2) is 5.65 Å². The molecule has 6 nitrogen and oxygen atoms in total. The fourth-order valence-electron chi connectivity index (χ4n) is 4.69. The number of aryl methyl sites for hydroxylation is 1. The number of hydrogen-bond acceptors (Lipinski definition) is 4. The Bertz CT molecular complexity index is 1020. The molecule has 3 aromatic heterocycles. The highest BCUT2D eigenvalue weighted by molar-refractivity contribution is 5.45. The predicted molar refractivity (Wildman–Crippen MR) is 105 cm³/mol. The first-order chi connectivity index (χ1) is 12.8. The van der Waals surface area contributed by atoms with Crippen LogP contribution in [0.5, 0.6) is 0 Å². The van der Waals surface area contributed by atoms with Crippen LogP contribution in [0.1, 0.15) is 67.9 Å². The summed E-state index contributed by atoms with van der Waals surface area (Å²) in [5.74, 6) is 0. The standard InChI is InChI=1S/C21H28N6/c1-13-14(10-23-25(13)5)12-26-15-6-7-17(26)16-11-22-20-9-19(21(2,3)4)24-27(20)18(16)8-15/h9-11,15,17H,6-8,12H2,1-5H3/t15-,17-/m0/s1. The second kappa shape index (κ2) is 5.64. The topological polar surface area (TPSA) is 51.3 Å². The Labute approximate surface area is 160 Å². The molecule has 5 rings (SSSR count). The minimum atomic E-state index is 0.0398. The van der Waals surface area contributed by atoms with E-state index in [2.05, 4.69) is 54.5 Å². The summed E-state index contributed by atoms with van der Waals surface area (Å²) < 4.78 is 4.09. The lowest BCUT2D eigenvalue weighted by molar-refractivity contribution is 0.164. The highest BCUT2D eigenvalue weighted by Gasteiger charge is 2.41. The maximum atomic E-state index is 4.94. The summed E-state index contributed by atoms with van der Waals surface area (Å²) in [7, 11) is 2.02. The van der Waals surface area contributed by atoms with Gasteiger partial charge in [-0.3, -0.25) is 9.58 Å². The first-order valence-electron chi connectivity index (χ1n) is 9.94. The van der Waals surface area contributed by atoms with Gasteiger partial charge in [-0.25, -0.2) is 9.50 Å². The molecule has 27 heavy (non-hydrogen) atoms. The van der Waals surface area contributed by atoms with Crippen LogP contribution in [0.15, 0.2) is 18.5 Å². The molecule has 0 unspecified atom stereocenters. The van der Waals surface area contributed by atoms with Gasteiger partial charge in [0.2, 0.25) is 0 Å². The zero-order chi connectivity index (χ0) is 18.9. The van der Waals surface area contributed by atoms with E-state index in [9.17, 15) is 0 Å². The molecule has 2 bridgehead atoms. The molecule has 0 aromatic carbocycles. The second-order valence-corrected chi connectivity index (χ2v) is 9.21. The number of nitrogens with zero attached hydrogens (tertiary/aromatic N) is 6. The van der Waals surface area contributed by atoms with E-state index < -0.39 is 0 Å². The first kappa shape index (κ1) is 16.9. The van der Waals surface area contributed by atoms with Crippen molar-refractivity contribution < 1.29 is 0 Å². The third kappa shape index (κ3) is 2.53. The molecule has 3 aromatic rings. The van der Waals surface area contributed by atoms with Crippen molar-refractivity contribution in [2.75, 3.05) is 0 Å². The summed E-state index contributed by atoms with van der Waals surface area (Å²) in [4.78, 5) is 7.43. The van der Waals surface area contributed by atoms with Crippen molar-refractivity contribution in [1.82, 2.24) is 29.3 Å². The van der Waals surface area contributed by atoms with E-state index in [0.29, 0.717) is 12.1 Å².